The molecular formula is C17H25N3O3. The zero-order valence-electron chi connectivity index (χ0n) is 13.8. The molecule has 126 valence electrons. The number of carbonyl (C=O) groups is 1. The molecule has 1 aliphatic carbocycles. The first-order chi connectivity index (χ1) is 11.0. The number of nitrogens with one attached hydrogen (secondary N) is 2. The Labute approximate surface area is 136 Å². The van der Waals surface area contributed by atoms with E-state index in [9.17, 15) is 9.59 Å². The summed E-state index contributed by atoms with van der Waals surface area (Å²) in [4.78, 5) is 28.2. The number of nitrogens with zero attached hydrogens (tertiary/aromatic N) is 1. The average molecular weight is 319 g/mol. The molecule has 1 atom stereocenters. The molecule has 2 amide bonds. The highest BCUT2D eigenvalue weighted by molar-refractivity contribution is 5.75. The van der Waals surface area contributed by atoms with E-state index in [1.54, 1.807) is 13.3 Å². The minimum absolute atomic E-state index is 0.0659. The van der Waals surface area contributed by atoms with Gasteiger partial charge in [-0.2, -0.15) is 0 Å². The maximum atomic E-state index is 12.4. The van der Waals surface area contributed by atoms with E-state index in [1.807, 2.05) is 17.9 Å². The van der Waals surface area contributed by atoms with Gasteiger partial charge in [0.2, 0.25) is 5.56 Å². The van der Waals surface area contributed by atoms with Crippen molar-refractivity contribution in [3.05, 3.63) is 34.2 Å². The van der Waals surface area contributed by atoms with Crippen molar-refractivity contribution in [1.29, 1.82) is 0 Å². The van der Waals surface area contributed by atoms with Crippen molar-refractivity contribution in [3.8, 4) is 0 Å². The molecular weight excluding hydrogens is 294 g/mol. The van der Waals surface area contributed by atoms with Crippen molar-refractivity contribution < 1.29 is 9.53 Å². The standard InChI is InChI=1S/C17H25N3O3/c1-12(13-6-7-18-15(21)8-13)19-16(22)20-9-17(10-20,11-23-2)14-4-3-5-14/h6-8,12,14H,3-5,9-11H2,1-2H3,(H,18,21)(H,19,22). The number of urea groups is 1. The number of carbonyl (C=O) groups excluding carboxylic acids is 1. The summed E-state index contributed by atoms with van der Waals surface area (Å²) >= 11 is 0. The molecule has 6 nitrogen and oxygen atoms in total. The van der Waals surface area contributed by atoms with Gasteiger partial charge in [-0.3, -0.25) is 4.79 Å². The third-order valence-corrected chi connectivity index (χ3v) is 5.34. The first-order valence-corrected chi connectivity index (χ1v) is 8.27. The molecule has 2 heterocycles. The molecule has 0 spiro atoms. The van der Waals surface area contributed by atoms with Crippen molar-refractivity contribution in [2.75, 3.05) is 26.8 Å². The SMILES string of the molecule is COCC1(C2CCC2)CN(C(=O)NC(C)c2cc[nH]c(=O)c2)C1. The minimum Gasteiger partial charge on any atom is -0.384 e. The second-order valence-corrected chi connectivity index (χ2v) is 6.94. The highest BCUT2D eigenvalue weighted by Gasteiger charge is 2.52. The van der Waals surface area contributed by atoms with Crippen molar-refractivity contribution in [1.82, 2.24) is 15.2 Å². The molecule has 1 saturated carbocycles. The van der Waals surface area contributed by atoms with E-state index in [4.69, 9.17) is 4.74 Å². The molecule has 1 aromatic rings. The van der Waals surface area contributed by atoms with E-state index >= 15 is 0 Å². The number of hydrogen-bond acceptors (Lipinski definition) is 3. The molecule has 0 bridgehead atoms. The van der Waals surface area contributed by atoms with E-state index in [1.165, 1.54) is 25.3 Å². The Kier molecular flexibility index (Phi) is 4.43. The summed E-state index contributed by atoms with van der Waals surface area (Å²) in [6.45, 7) is 4.14. The van der Waals surface area contributed by atoms with Crippen LogP contribution in [0.1, 0.15) is 37.8 Å². The lowest BCUT2D eigenvalue weighted by Crippen LogP contribution is -2.66. The molecule has 1 saturated heterocycles. The molecule has 0 aromatic carbocycles. The van der Waals surface area contributed by atoms with Gasteiger partial charge in [-0.05, 0) is 37.3 Å². The first kappa shape index (κ1) is 16.1. The predicted octanol–water partition coefficient (Wildman–Crippen LogP) is 1.89. The fraction of sp³-hybridized carbons (Fsp3) is 0.647. The van der Waals surface area contributed by atoms with Gasteiger partial charge in [-0.25, -0.2) is 4.79 Å². The third-order valence-electron chi connectivity index (χ3n) is 5.34. The zero-order valence-corrected chi connectivity index (χ0v) is 13.8. The van der Waals surface area contributed by atoms with Crippen LogP contribution in [-0.2, 0) is 4.74 Å². The highest BCUT2D eigenvalue weighted by Crippen LogP contribution is 2.48. The number of ether oxygens (including phenoxy) is 1. The highest BCUT2D eigenvalue weighted by atomic mass is 16.5. The number of amides is 2. The zero-order chi connectivity index (χ0) is 16.4. The monoisotopic (exact) mass is 319 g/mol. The molecule has 2 fully saturated rings. The normalized spacial score (nSPS) is 21.2. The van der Waals surface area contributed by atoms with E-state index in [0.717, 1.165) is 25.3 Å². The van der Waals surface area contributed by atoms with Crippen LogP contribution < -0.4 is 10.9 Å². The van der Waals surface area contributed by atoms with Crippen LogP contribution in [0.25, 0.3) is 0 Å². The molecule has 23 heavy (non-hydrogen) atoms. The van der Waals surface area contributed by atoms with Crippen molar-refractivity contribution in [2.45, 2.75) is 32.2 Å². The van der Waals surface area contributed by atoms with Gasteiger partial charge in [-0.1, -0.05) is 6.42 Å². The van der Waals surface area contributed by atoms with Gasteiger partial charge in [-0.15, -0.1) is 0 Å². The maximum Gasteiger partial charge on any atom is 0.317 e. The maximum absolute atomic E-state index is 12.4. The number of H-pyrrole nitrogens is 1. The summed E-state index contributed by atoms with van der Waals surface area (Å²) in [5.74, 6) is 0.691. The summed E-state index contributed by atoms with van der Waals surface area (Å²) in [7, 11) is 1.73. The molecule has 1 aromatic heterocycles. The number of pyridine rings is 1. The predicted molar refractivity (Wildman–Crippen MR) is 87.2 cm³/mol. The lowest BCUT2D eigenvalue weighted by molar-refractivity contribution is -0.0941. The third kappa shape index (κ3) is 3.13. The number of aromatic nitrogens is 1. The smallest absolute Gasteiger partial charge is 0.317 e. The van der Waals surface area contributed by atoms with Crippen LogP contribution in [-0.4, -0.2) is 42.7 Å². The molecule has 3 rings (SSSR count). The van der Waals surface area contributed by atoms with E-state index in [0.29, 0.717) is 5.92 Å². The number of methoxy groups -OCH3 is 1. The summed E-state index contributed by atoms with van der Waals surface area (Å²) in [6, 6.07) is 3.08. The molecule has 2 N–H and O–H groups in total. The summed E-state index contributed by atoms with van der Waals surface area (Å²) in [5, 5.41) is 2.97. The van der Waals surface area contributed by atoms with Crippen LogP contribution in [0.4, 0.5) is 4.79 Å². The molecule has 1 unspecified atom stereocenters. The second-order valence-electron chi connectivity index (χ2n) is 6.94. The lowest BCUT2D eigenvalue weighted by Gasteiger charge is -2.56. The summed E-state index contributed by atoms with van der Waals surface area (Å²) in [6.07, 6.45) is 5.40. The fourth-order valence-corrected chi connectivity index (χ4v) is 3.72. The first-order valence-electron chi connectivity index (χ1n) is 8.27. The van der Waals surface area contributed by atoms with Crippen molar-refractivity contribution >= 4 is 6.03 Å². The van der Waals surface area contributed by atoms with Crippen LogP contribution in [0.5, 0.6) is 0 Å². The number of hydrogen-bond donors (Lipinski definition) is 2. The summed E-state index contributed by atoms with van der Waals surface area (Å²) in [5.41, 5.74) is 0.804. The average Bonchev–Trinajstić information content (AvgIpc) is 2.42. The Morgan fingerprint density at radius 3 is 2.83 bits per heavy atom. The van der Waals surface area contributed by atoms with Gasteiger partial charge in [0.25, 0.3) is 0 Å². The minimum atomic E-state index is -0.189. The van der Waals surface area contributed by atoms with E-state index in [2.05, 4.69) is 10.3 Å². The quantitative estimate of drug-likeness (QED) is 0.870. The topological polar surface area (TPSA) is 74.4 Å². The van der Waals surface area contributed by atoms with Crippen LogP contribution >= 0.6 is 0 Å². The number of rotatable bonds is 5. The number of likely N-dealkylation sites (tertiary alicyclic amines) is 1. The van der Waals surface area contributed by atoms with E-state index in [-0.39, 0.29) is 23.0 Å². The van der Waals surface area contributed by atoms with E-state index < -0.39 is 0 Å². The molecule has 6 heteroatoms. The van der Waals surface area contributed by atoms with Gasteiger partial charge >= 0.3 is 6.03 Å². The Morgan fingerprint density at radius 2 is 2.26 bits per heavy atom. The van der Waals surface area contributed by atoms with Crippen LogP contribution in [0.2, 0.25) is 0 Å². The molecule has 0 radical (unpaired) electrons. The second kappa shape index (κ2) is 6.35. The van der Waals surface area contributed by atoms with Gasteiger partial charge < -0.3 is 19.9 Å². The Balaban J connectivity index is 1.56. The van der Waals surface area contributed by atoms with Gasteiger partial charge in [0.05, 0.1) is 12.6 Å². The summed E-state index contributed by atoms with van der Waals surface area (Å²) < 4.78 is 5.40. The van der Waals surface area contributed by atoms with Crippen LogP contribution in [0, 0.1) is 11.3 Å². The van der Waals surface area contributed by atoms with Gasteiger partial charge in [0.15, 0.2) is 0 Å². The Morgan fingerprint density at radius 1 is 1.52 bits per heavy atom. The molecule has 2 aliphatic rings. The Hall–Kier alpha value is -1.82. The Bertz CT molecular complexity index is 618. The largest absolute Gasteiger partial charge is 0.384 e. The number of aromatic amines is 1. The fourth-order valence-electron chi connectivity index (χ4n) is 3.72. The van der Waals surface area contributed by atoms with Crippen molar-refractivity contribution in [2.24, 2.45) is 11.3 Å². The van der Waals surface area contributed by atoms with Crippen LogP contribution in [0.15, 0.2) is 23.1 Å². The van der Waals surface area contributed by atoms with Gasteiger partial charge in [0, 0.05) is 37.9 Å². The van der Waals surface area contributed by atoms with Crippen molar-refractivity contribution in [3.63, 3.8) is 0 Å². The van der Waals surface area contributed by atoms with Gasteiger partial charge in [0.1, 0.15) is 0 Å². The van der Waals surface area contributed by atoms with Crippen LogP contribution in [0.3, 0.4) is 0 Å². The molecule has 1 aliphatic heterocycles. The lowest BCUT2D eigenvalue weighted by atomic mass is 9.61.